The van der Waals surface area contributed by atoms with Crippen LogP contribution in [-0.4, -0.2) is 64.1 Å². The Balaban J connectivity index is 0.00000392. The largest absolute Gasteiger partial charge is 0.492 e. The van der Waals surface area contributed by atoms with E-state index in [4.69, 9.17) is 4.74 Å². The third-order valence-corrected chi connectivity index (χ3v) is 5.72. The van der Waals surface area contributed by atoms with Crippen molar-refractivity contribution in [1.29, 1.82) is 0 Å². The van der Waals surface area contributed by atoms with Gasteiger partial charge in [0.25, 0.3) is 0 Å². The molecular formula is C18H29IN4O4S. The minimum Gasteiger partial charge on any atom is -0.492 e. The molecule has 0 bridgehead atoms. The number of benzene rings is 1. The van der Waals surface area contributed by atoms with Crippen LogP contribution in [-0.2, 0) is 14.6 Å². The van der Waals surface area contributed by atoms with Crippen LogP contribution < -0.4 is 20.7 Å². The predicted octanol–water partition coefficient (Wildman–Crippen LogP) is 0.932. The maximum atomic E-state index is 11.9. The van der Waals surface area contributed by atoms with Crippen molar-refractivity contribution in [3.05, 3.63) is 30.3 Å². The van der Waals surface area contributed by atoms with Gasteiger partial charge in [0.2, 0.25) is 5.91 Å². The lowest BCUT2D eigenvalue weighted by Gasteiger charge is -2.13. The van der Waals surface area contributed by atoms with E-state index in [0.717, 1.165) is 5.75 Å². The minimum atomic E-state index is -2.99. The summed E-state index contributed by atoms with van der Waals surface area (Å²) in [5, 5.41) is 9.03. The molecular weight excluding hydrogens is 495 g/mol. The third kappa shape index (κ3) is 9.58. The number of para-hydroxylation sites is 1. The Morgan fingerprint density at radius 3 is 2.64 bits per heavy atom. The first kappa shape index (κ1) is 24.5. The Hall–Kier alpha value is -1.56. The second-order valence-corrected chi connectivity index (χ2v) is 8.50. The first-order valence-corrected chi connectivity index (χ1v) is 11.0. The van der Waals surface area contributed by atoms with Crippen molar-refractivity contribution < 1.29 is 17.9 Å². The first-order valence-electron chi connectivity index (χ1n) is 9.18. The van der Waals surface area contributed by atoms with Crippen LogP contribution in [0.1, 0.15) is 19.8 Å². The Labute approximate surface area is 183 Å². The number of carbonyl (C=O) groups is 1. The summed E-state index contributed by atoms with van der Waals surface area (Å²) < 4.78 is 28.4. The highest BCUT2D eigenvalue weighted by atomic mass is 127. The zero-order chi connectivity index (χ0) is 19.5. The number of hydrogen-bond acceptors (Lipinski definition) is 5. The molecule has 10 heteroatoms. The number of sulfone groups is 1. The van der Waals surface area contributed by atoms with E-state index < -0.39 is 9.84 Å². The Morgan fingerprint density at radius 1 is 1.25 bits per heavy atom. The van der Waals surface area contributed by atoms with Gasteiger partial charge in [0.05, 0.1) is 24.6 Å². The summed E-state index contributed by atoms with van der Waals surface area (Å²) in [4.78, 5) is 16.3. The maximum absolute atomic E-state index is 11.9. The Bertz CT molecular complexity index is 728. The van der Waals surface area contributed by atoms with Crippen molar-refractivity contribution in [2.24, 2.45) is 4.99 Å². The van der Waals surface area contributed by atoms with Gasteiger partial charge < -0.3 is 20.7 Å². The summed E-state index contributed by atoms with van der Waals surface area (Å²) in [6.45, 7) is 4.06. The molecule has 1 fully saturated rings. The summed E-state index contributed by atoms with van der Waals surface area (Å²) in [5.41, 5.74) is 0. The fourth-order valence-corrected chi connectivity index (χ4v) is 4.35. The van der Waals surface area contributed by atoms with Crippen molar-refractivity contribution in [1.82, 2.24) is 16.0 Å². The number of aliphatic imine (C=N–C) groups is 1. The van der Waals surface area contributed by atoms with Crippen molar-refractivity contribution >= 4 is 45.7 Å². The van der Waals surface area contributed by atoms with Gasteiger partial charge >= 0.3 is 0 Å². The van der Waals surface area contributed by atoms with Gasteiger partial charge in [-0.05, 0) is 25.5 Å². The van der Waals surface area contributed by atoms with Crippen LogP contribution in [0.2, 0.25) is 0 Å². The average molecular weight is 524 g/mol. The normalized spacial score (nSPS) is 18.0. The van der Waals surface area contributed by atoms with E-state index in [2.05, 4.69) is 20.9 Å². The van der Waals surface area contributed by atoms with Crippen molar-refractivity contribution in [3.8, 4) is 5.75 Å². The molecule has 0 saturated carbocycles. The molecule has 2 rings (SSSR count). The zero-order valence-corrected chi connectivity index (χ0v) is 19.2. The zero-order valence-electron chi connectivity index (χ0n) is 16.0. The molecule has 1 amide bonds. The molecule has 3 N–H and O–H groups in total. The molecule has 1 heterocycles. The number of amides is 1. The number of carbonyl (C=O) groups excluding carboxylic acids is 1. The molecule has 1 atom stereocenters. The number of nitrogens with zero attached hydrogens (tertiary/aromatic N) is 1. The van der Waals surface area contributed by atoms with Crippen LogP contribution in [0.25, 0.3) is 0 Å². The van der Waals surface area contributed by atoms with Gasteiger partial charge in [-0.25, -0.2) is 8.42 Å². The van der Waals surface area contributed by atoms with Gasteiger partial charge in [0.15, 0.2) is 15.8 Å². The van der Waals surface area contributed by atoms with Crippen LogP contribution in [0.15, 0.2) is 35.3 Å². The van der Waals surface area contributed by atoms with Crippen molar-refractivity contribution in [2.45, 2.75) is 25.8 Å². The van der Waals surface area contributed by atoms with E-state index in [-0.39, 0.29) is 53.9 Å². The standard InChI is InChI=1S/C18H28N4O4S.HI/c1-2-19-18(21-11-12-26-16-6-4-3-5-7-16)20-10-8-17(23)22-15-9-13-27(24,25)14-15;/h3-7,15H,2,8-14H2,1H3,(H,22,23)(H2,19,20,21);1H. The van der Waals surface area contributed by atoms with Crippen LogP contribution in [0, 0.1) is 0 Å². The van der Waals surface area contributed by atoms with E-state index in [9.17, 15) is 13.2 Å². The lowest BCUT2D eigenvalue weighted by atomic mass is 10.2. The highest BCUT2D eigenvalue weighted by Gasteiger charge is 2.28. The van der Waals surface area contributed by atoms with Gasteiger partial charge in [-0.3, -0.25) is 9.79 Å². The molecule has 1 aliphatic rings. The van der Waals surface area contributed by atoms with E-state index in [0.29, 0.717) is 38.6 Å². The quantitative estimate of drug-likeness (QED) is 0.192. The molecule has 0 aromatic heterocycles. The number of guanidine groups is 1. The molecule has 28 heavy (non-hydrogen) atoms. The molecule has 0 spiro atoms. The average Bonchev–Trinajstić information content (AvgIpc) is 2.98. The second kappa shape index (κ2) is 12.8. The summed E-state index contributed by atoms with van der Waals surface area (Å²) in [6.07, 6.45) is 0.705. The molecule has 1 aliphatic heterocycles. The third-order valence-electron chi connectivity index (χ3n) is 3.96. The second-order valence-electron chi connectivity index (χ2n) is 6.27. The van der Waals surface area contributed by atoms with Crippen molar-refractivity contribution in [2.75, 3.05) is 37.7 Å². The minimum absolute atomic E-state index is 0. The van der Waals surface area contributed by atoms with Crippen LogP contribution in [0.4, 0.5) is 0 Å². The Kier molecular flexibility index (Phi) is 11.2. The van der Waals surface area contributed by atoms with Gasteiger partial charge in [0, 0.05) is 19.0 Å². The SMILES string of the molecule is CCNC(=NCCC(=O)NC1CCS(=O)(=O)C1)NCCOc1ccccc1.I. The van der Waals surface area contributed by atoms with Crippen LogP contribution in [0.5, 0.6) is 5.75 Å². The predicted molar refractivity (Wildman–Crippen MR) is 121 cm³/mol. The number of nitrogens with one attached hydrogen (secondary N) is 3. The molecule has 1 unspecified atom stereocenters. The first-order chi connectivity index (χ1) is 13.0. The highest BCUT2D eigenvalue weighted by molar-refractivity contribution is 14.0. The van der Waals surface area contributed by atoms with Gasteiger partial charge in [-0.2, -0.15) is 0 Å². The van der Waals surface area contributed by atoms with E-state index in [1.54, 1.807) is 0 Å². The van der Waals surface area contributed by atoms with Crippen LogP contribution in [0.3, 0.4) is 0 Å². The number of rotatable bonds is 9. The molecule has 0 aliphatic carbocycles. The summed E-state index contributed by atoms with van der Waals surface area (Å²) in [6, 6.07) is 9.29. The Morgan fingerprint density at radius 2 is 2.00 bits per heavy atom. The van der Waals surface area contributed by atoms with E-state index in [1.165, 1.54) is 0 Å². The summed E-state index contributed by atoms with van der Waals surface area (Å²) in [5.74, 6) is 1.44. The maximum Gasteiger partial charge on any atom is 0.222 e. The molecule has 8 nitrogen and oxygen atoms in total. The molecule has 1 saturated heterocycles. The van der Waals surface area contributed by atoms with Crippen molar-refractivity contribution in [3.63, 3.8) is 0 Å². The van der Waals surface area contributed by atoms with E-state index in [1.807, 2.05) is 37.3 Å². The van der Waals surface area contributed by atoms with Crippen LogP contribution >= 0.6 is 24.0 Å². The van der Waals surface area contributed by atoms with Gasteiger partial charge in [-0.1, -0.05) is 18.2 Å². The van der Waals surface area contributed by atoms with Gasteiger partial charge in [0.1, 0.15) is 12.4 Å². The lowest BCUT2D eigenvalue weighted by molar-refractivity contribution is -0.121. The van der Waals surface area contributed by atoms with E-state index >= 15 is 0 Å². The molecule has 0 radical (unpaired) electrons. The number of hydrogen-bond donors (Lipinski definition) is 3. The summed E-state index contributed by atoms with van der Waals surface area (Å²) in [7, 11) is -2.99. The monoisotopic (exact) mass is 524 g/mol. The summed E-state index contributed by atoms with van der Waals surface area (Å²) >= 11 is 0. The fraction of sp³-hybridized carbons (Fsp3) is 0.556. The molecule has 158 valence electrons. The molecule has 1 aromatic rings. The van der Waals surface area contributed by atoms with Gasteiger partial charge in [-0.15, -0.1) is 24.0 Å². The smallest absolute Gasteiger partial charge is 0.222 e. The number of halogens is 1. The number of ether oxygens (including phenoxy) is 1. The topological polar surface area (TPSA) is 109 Å². The fourth-order valence-electron chi connectivity index (χ4n) is 2.67. The lowest BCUT2D eigenvalue weighted by Crippen LogP contribution is -2.40. The highest BCUT2D eigenvalue weighted by Crippen LogP contribution is 2.11. The molecule has 1 aromatic carbocycles.